The van der Waals surface area contributed by atoms with E-state index in [0.717, 1.165) is 5.56 Å². The van der Waals surface area contributed by atoms with Crippen molar-refractivity contribution < 1.29 is 14.5 Å². The second kappa shape index (κ2) is 6.47. The molecule has 0 atom stereocenters. The molecule has 2 aromatic rings. The van der Waals surface area contributed by atoms with Crippen LogP contribution in [0.15, 0.2) is 42.7 Å². The highest BCUT2D eigenvalue weighted by Gasteiger charge is 2.17. The average molecular weight is 287 g/mol. The van der Waals surface area contributed by atoms with E-state index in [4.69, 9.17) is 4.74 Å². The quantitative estimate of drug-likeness (QED) is 0.669. The first-order valence-corrected chi connectivity index (χ1v) is 6.11. The van der Waals surface area contributed by atoms with E-state index in [-0.39, 0.29) is 17.0 Å². The van der Waals surface area contributed by atoms with Gasteiger partial charge in [0.2, 0.25) is 0 Å². The van der Waals surface area contributed by atoms with Crippen LogP contribution >= 0.6 is 0 Å². The Morgan fingerprint density at radius 3 is 2.67 bits per heavy atom. The van der Waals surface area contributed by atoms with Crippen LogP contribution in [0.2, 0.25) is 0 Å². The fourth-order valence-corrected chi connectivity index (χ4v) is 1.76. The molecule has 0 aliphatic carbocycles. The van der Waals surface area contributed by atoms with Crippen LogP contribution in [0, 0.1) is 10.1 Å². The molecule has 0 radical (unpaired) electrons. The van der Waals surface area contributed by atoms with Crippen molar-refractivity contribution in [2.45, 2.75) is 6.54 Å². The van der Waals surface area contributed by atoms with Crippen molar-refractivity contribution in [1.82, 2.24) is 10.3 Å². The van der Waals surface area contributed by atoms with Crippen LogP contribution < -0.4 is 10.1 Å². The van der Waals surface area contributed by atoms with E-state index in [1.807, 2.05) is 0 Å². The Morgan fingerprint density at radius 1 is 1.33 bits per heavy atom. The summed E-state index contributed by atoms with van der Waals surface area (Å²) < 4.78 is 4.89. The molecule has 1 N–H and O–H groups in total. The van der Waals surface area contributed by atoms with Crippen molar-refractivity contribution in [2.24, 2.45) is 0 Å². The van der Waals surface area contributed by atoms with Crippen LogP contribution in [0.5, 0.6) is 5.75 Å². The van der Waals surface area contributed by atoms with Gasteiger partial charge >= 0.3 is 5.69 Å². The number of rotatable bonds is 5. The molecule has 1 amide bonds. The van der Waals surface area contributed by atoms with Crippen molar-refractivity contribution >= 4 is 11.6 Å². The number of methoxy groups -OCH3 is 1. The Balaban J connectivity index is 2.12. The van der Waals surface area contributed by atoms with Gasteiger partial charge in [-0.05, 0) is 29.8 Å². The maximum atomic E-state index is 12.0. The van der Waals surface area contributed by atoms with Crippen LogP contribution in [-0.2, 0) is 6.54 Å². The lowest BCUT2D eigenvalue weighted by molar-refractivity contribution is -0.385. The number of aromatic nitrogens is 1. The zero-order chi connectivity index (χ0) is 15.2. The number of hydrogen-bond donors (Lipinski definition) is 1. The largest absolute Gasteiger partial charge is 0.490 e. The molecule has 0 spiro atoms. The SMILES string of the molecule is COc1ccc(C(=O)NCc2ccncc2)cc1[N+](=O)[O-]. The molecule has 0 bridgehead atoms. The first kappa shape index (κ1) is 14.4. The molecular weight excluding hydrogens is 274 g/mol. The zero-order valence-corrected chi connectivity index (χ0v) is 11.3. The molecule has 0 aliphatic heterocycles. The Kier molecular flexibility index (Phi) is 4.45. The van der Waals surface area contributed by atoms with Gasteiger partial charge in [-0.15, -0.1) is 0 Å². The molecule has 1 aromatic heterocycles. The van der Waals surface area contributed by atoms with Gasteiger partial charge in [0.05, 0.1) is 12.0 Å². The molecule has 21 heavy (non-hydrogen) atoms. The van der Waals surface area contributed by atoms with Crippen LogP contribution in [-0.4, -0.2) is 22.9 Å². The minimum atomic E-state index is -0.585. The number of benzene rings is 1. The first-order chi connectivity index (χ1) is 10.1. The summed E-state index contributed by atoms with van der Waals surface area (Å²) in [6.07, 6.45) is 3.25. The second-order valence-electron chi connectivity index (χ2n) is 4.18. The zero-order valence-electron chi connectivity index (χ0n) is 11.3. The van der Waals surface area contributed by atoms with E-state index in [9.17, 15) is 14.9 Å². The summed E-state index contributed by atoms with van der Waals surface area (Å²) in [7, 11) is 1.34. The van der Waals surface area contributed by atoms with Gasteiger partial charge in [0.25, 0.3) is 5.91 Å². The molecule has 2 rings (SSSR count). The highest BCUT2D eigenvalue weighted by Crippen LogP contribution is 2.27. The summed E-state index contributed by atoms with van der Waals surface area (Å²) in [4.78, 5) is 26.2. The molecule has 7 nitrogen and oxygen atoms in total. The third-order valence-corrected chi connectivity index (χ3v) is 2.84. The van der Waals surface area contributed by atoms with Gasteiger partial charge in [-0.2, -0.15) is 0 Å². The Morgan fingerprint density at radius 2 is 2.05 bits per heavy atom. The van der Waals surface area contributed by atoms with E-state index in [1.54, 1.807) is 24.5 Å². The highest BCUT2D eigenvalue weighted by atomic mass is 16.6. The Bertz CT molecular complexity index is 659. The number of carbonyl (C=O) groups excluding carboxylic acids is 1. The summed E-state index contributed by atoms with van der Waals surface area (Å²) in [6, 6.07) is 7.63. The molecule has 0 unspecified atom stereocenters. The normalized spacial score (nSPS) is 9.95. The third-order valence-electron chi connectivity index (χ3n) is 2.84. The predicted molar refractivity (Wildman–Crippen MR) is 75.1 cm³/mol. The monoisotopic (exact) mass is 287 g/mol. The number of nitro benzene ring substituents is 1. The number of amides is 1. The Labute approximate surface area is 120 Å². The van der Waals surface area contributed by atoms with Gasteiger partial charge in [0.1, 0.15) is 0 Å². The van der Waals surface area contributed by atoms with Gasteiger partial charge in [0, 0.05) is 30.6 Å². The fourth-order valence-electron chi connectivity index (χ4n) is 1.76. The molecule has 1 aromatic carbocycles. The van der Waals surface area contributed by atoms with Gasteiger partial charge in [-0.25, -0.2) is 0 Å². The summed E-state index contributed by atoms with van der Waals surface area (Å²) in [5.74, 6) is -0.275. The molecule has 7 heteroatoms. The minimum absolute atomic E-state index is 0.116. The van der Waals surface area contributed by atoms with Crippen molar-refractivity contribution in [2.75, 3.05) is 7.11 Å². The number of hydrogen-bond acceptors (Lipinski definition) is 5. The number of ether oxygens (including phenoxy) is 1. The summed E-state index contributed by atoms with van der Waals surface area (Å²) in [5, 5.41) is 13.6. The second-order valence-corrected chi connectivity index (χ2v) is 4.18. The summed E-state index contributed by atoms with van der Waals surface area (Å²) >= 11 is 0. The first-order valence-electron chi connectivity index (χ1n) is 6.11. The molecule has 0 aliphatic rings. The van der Waals surface area contributed by atoms with Gasteiger partial charge in [-0.3, -0.25) is 19.9 Å². The molecule has 0 fully saturated rings. The number of pyridine rings is 1. The maximum absolute atomic E-state index is 12.0. The number of carbonyl (C=O) groups is 1. The van der Waals surface area contributed by atoms with E-state index in [0.29, 0.717) is 6.54 Å². The molecule has 0 saturated heterocycles. The van der Waals surface area contributed by atoms with Crippen LogP contribution in [0.3, 0.4) is 0 Å². The third kappa shape index (κ3) is 3.53. The molecular formula is C14H13N3O4. The van der Waals surface area contributed by atoms with E-state index >= 15 is 0 Å². The van der Waals surface area contributed by atoms with Crippen molar-refractivity contribution in [3.63, 3.8) is 0 Å². The van der Waals surface area contributed by atoms with E-state index < -0.39 is 10.8 Å². The maximum Gasteiger partial charge on any atom is 0.311 e. The van der Waals surface area contributed by atoms with Crippen LogP contribution in [0.1, 0.15) is 15.9 Å². The Hall–Kier alpha value is -2.96. The lowest BCUT2D eigenvalue weighted by Crippen LogP contribution is -2.22. The van der Waals surface area contributed by atoms with Gasteiger partial charge in [0.15, 0.2) is 5.75 Å². The van der Waals surface area contributed by atoms with Crippen molar-refractivity contribution in [3.8, 4) is 5.75 Å². The van der Waals surface area contributed by atoms with Gasteiger partial charge < -0.3 is 10.1 Å². The van der Waals surface area contributed by atoms with Crippen molar-refractivity contribution in [3.05, 3.63) is 64.0 Å². The highest BCUT2D eigenvalue weighted by molar-refractivity contribution is 5.95. The smallest absolute Gasteiger partial charge is 0.311 e. The minimum Gasteiger partial charge on any atom is -0.490 e. The number of nitrogens with zero attached hydrogens (tertiary/aromatic N) is 2. The lowest BCUT2D eigenvalue weighted by atomic mass is 10.1. The topological polar surface area (TPSA) is 94.4 Å². The average Bonchev–Trinajstić information content (AvgIpc) is 2.52. The molecule has 0 saturated carbocycles. The summed E-state index contributed by atoms with van der Waals surface area (Å²) in [6.45, 7) is 0.321. The standard InChI is InChI=1S/C14H13N3O4/c1-21-13-3-2-11(8-12(13)17(19)20)14(18)16-9-10-4-6-15-7-5-10/h2-8H,9H2,1H3,(H,16,18). The van der Waals surface area contributed by atoms with Crippen LogP contribution in [0.25, 0.3) is 0 Å². The number of nitro groups is 1. The fraction of sp³-hybridized carbons (Fsp3) is 0.143. The van der Waals surface area contributed by atoms with E-state index in [1.165, 1.54) is 25.3 Å². The van der Waals surface area contributed by atoms with Crippen molar-refractivity contribution in [1.29, 1.82) is 0 Å². The molecule has 108 valence electrons. The predicted octanol–water partition coefficient (Wildman–Crippen LogP) is 1.93. The molecule has 1 heterocycles. The van der Waals surface area contributed by atoms with Crippen LogP contribution in [0.4, 0.5) is 5.69 Å². The number of nitrogens with one attached hydrogen (secondary N) is 1. The van der Waals surface area contributed by atoms with E-state index in [2.05, 4.69) is 10.3 Å². The lowest BCUT2D eigenvalue weighted by Gasteiger charge is -2.07. The summed E-state index contributed by atoms with van der Waals surface area (Å²) in [5.41, 5.74) is 0.854. The van der Waals surface area contributed by atoms with Gasteiger partial charge in [-0.1, -0.05) is 0 Å².